The summed E-state index contributed by atoms with van der Waals surface area (Å²) in [5, 5.41) is 10.3. The Morgan fingerprint density at radius 1 is 1.64 bits per heavy atom. The predicted molar refractivity (Wildman–Crippen MR) is 46.4 cm³/mol. The van der Waals surface area contributed by atoms with Crippen LogP contribution in [-0.2, 0) is 4.79 Å². The molecule has 1 atom stereocenters. The second-order valence-electron chi connectivity index (χ2n) is 3.28. The van der Waals surface area contributed by atoms with Crippen LogP contribution >= 0.6 is 0 Å². The van der Waals surface area contributed by atoms with E-state index in [9.17, 15) is 14.3 Å². The van der Waals surface area contributed by atoms with Gasteiger partial charge in [-0.25, -0.2) is 4.39 Å². The molecule has 1 rings (SSSR count). The molecule has 0 amide bonds. The van der Waals surface area contributed by atoms with E-state index in [2.05, 4.69) is 5.73 Å². The molecule has 0 radical (unpaired) electrons. The van der Waals surface area contributed by atoms with E-state index in [0.717, 1.165) is 0 Å². The second kappa shape index (κ2) is 4.19. The molecule has 0 unspecified atom stereocenters. The van der Waals surface area contributed by atoms with E-state index in [1.807, 2.05) is 0 Å². The molecule has 0 aliphatic carbocycles. The number of carbonyl (C=O) groups excluding carboxylic acids is 1. The number of rotatable bonds is 3. The molecule has 0 heterocycles. The van der Waals surface area contributed by atoms with Gasteiger partial charge in [-0.05, 0) is 18.6 Å². The molecule has 3 nitrogen and oxygen atoms in total. The van der Waals surface area contributed by atoms with E-state index >= 15 is 0 Å². The van der Waals surface area contributed by atoms with Gasteiger partial charge in [-0.2, -0.15) is 0 Å². The van der Waals surface area contributed by atoms with Crippen molar-refractivity contribution in [3.63, 3.8) is 0 Å². The van der Waals surface area contributed by atoms with Crippen LogP contribution in [0.2, 0.25) is 0 Å². The number of benzene rings is 1. The second-order valence-corrected chi connectivity index (χ2v) is 3.28. The van der Waals surface area contributed by atoms with E-state index in [1.54, 1.807) is 19.1 Å². The maximum Gasteiger partial charge on any atom is 0.126 e. The third kappa shape index (κ3) is 2.53. The Bertz CT molecular complexity index is 352. The molecule has 76 valence electrons. The van der Waals surface area contributed by atoms with Gasteiger partial charge in [0.05, 0.1) is 0 Å². The van der Waals surface area contributed by atoms with Crippen molar-refractivity contribution in [3.05, 3.63) is 35.1 Å². The molecule has 4 heteroatoms. The van der Waals surface area contributed by atoms with Gasteiger partial charge in [0.2, 0.25) is 0 Å². The lowest BCUT2D eigenvalue weighted by molar-refractivity contribution is -0.430. The summed E-state index contributed by atoms with van der Waals surface area (Å²) in [6, 6.07) is 4.14. The van der Waals surface area contributed by atoms with E-state index in [1.165, 1.54) is 6.07 Å². The van der Waals surface area contributed by atoms with Crippen LogP contribution in [0.5, 0.6) is 0 Å². The van der Waals surface area contributed by atoms with Crippen LogP contribution in [-0.4, -0.2) is 5.97 Å². The Morgan fingerprint density at radius 2 is 2.29 bits per heavy atom. The molecule has 0 saturated heterocycles. The highest BCUT2D eigenvalue weighted by atomic mass is 19.1. The molecule has 0 aliphatic rings. The average molecular weight is 197 g/mol. The zero-order chi connectivity index (χ0) is 10.7. The summed E-state index contributed by atoms with van der Waals surface area (Å²) >= 11 is 0. The normalized spacial score (nSPS) is 12.5. The third-order valence-electron chi connectivity index (χ3n) is 2.08. The van der Waals surface area contributed by atoms with Crippen molar-refractivity contribution in [2.45, 2.75) is 19.4 Å². The van der Waals surface area contributed by atoms with Crippen molar-refractivity contribution in [2.75, 3.05) is 0 Å². The van der Waals surface area contributed by atoms with Crippen LogP contribution in [0.3, 0.4) is 0 Å². The summed E-state index contributed by atoms with van der Waals surface area (Å²) < 4.78 is 13.1. The van der Waals surface area contributed by atoms with E-state index in [0.29, 0.717) is 11.1 Å². The first-order chi connectivity index (χ1) is 6.50. The smallest absolute Gasteiger partial charge is 0.126 e. The molecule has 0 aromatic heterocycles. The lowest BCUT2D eigenvalue weighted by atomic mass is 10.0. The van der Waals surface area contributed by atoms with Gasteiger partial charge in [-0.3, -0.25) is 0 Å². The fourth-order valence-corrected chi connectivity index (χ4v) is 1.18. The molecular weight excluding hydrogens is 185 g/mol. The van der Waals surface area contributed by atoms with Crippen LogP contribution in [0, 0.1) is 12.7 Å². The average Bonchev–Trinajstić information content (AvgIpc) is 2.08. The maximum absolute atomic E-state index is 13.1. The quantitative estimate of drug-likeness (QED) is 0.713. The molecule has 0 bridgehead atoms. The lowest BCUT2D eigenvalue weighted by Gasteiger charge is -2.10. The predicted octanol–water partition coefficient (Wildman–Crippen LogP) is -0.443. The largest absolute Gasteiger partial charge is 0.550 e. The first-order valence-corrected chi connectivity index (χ1v) is 4.29. The molecule has 1 aromatic rings. The van der Waals surface area contributed by atoms with Gasteiger partial charge in [0.15, 0.2) is 0 Å². The maximum atomic E-state index is 13.1. The first-order valence-electron chi connectivity index (χ1n) is 4.29. The summed E-state index contributed by atoms with van der Waals surface area (Å²) in [5.74, 6) is -1.51. The van der Waals surface area contributed by atoms with Crippen molar-refractivity contribution in [1.29, 1.82) is 0 Å². The van der Waals surface area contributed by atoms with Gasteiger partial charge in [-0.1, -0.05) is 12.1 Å². The number of halogens is 1. The number of aryl methyl sites for hydroxylation is 1. The molecule has 3 N–H and O–H groups in total. The SMILES string of the molecule is Cc1ccc([C@@H]([NH3+])CC(=O)[O-])cc1F. The summed E-state index contributed by atoms with van der Waals surface area (Å²) in [4.78, 5) is 10.3. The van der Waals surface area contributed by atoms with Crippen molar-refractivity contribution in [1.82, 2.24) is 0 Å². The minimum Gasteiger partial charge on any atom is -0.550 e. The minimum absolute atomic E-state index is 0.192. The van der Waals surface area contributed by atoms with Gasteiger partial charge in [0, 0.05) is 18.0 Å². The molecule has 0 saturated carbocycles. The summed E-state index contributed by atoms with van der Waals surface area (Å²) in [6.45, 7) is 1.65. The van der Waals surface area contributed by atoms with Crippen molar-refractivity contribution in [3.8, 4) is 0 Å². The highest BCUT2D eigenvalue weighted by Crippen LogP contribution is 2.15. The van der Waals surface area contributed by atoms with Gasteiger partial charge < -0.3 is 15.6 Å². The first kappa shape index (κ1) is 10.7. The van der Waals surface area contributed by atoms with Crippen LogP contribution < -0.4 is 10.8 Å². The van der Waals surface area contributed by atoms with Crippen molar-refractivity contribution < 1.29 is 20.0 Å². The molecule has 0 fully saturated rings. The number of hydrogen-bond donors (Lipinski definition) is 1. The Morgan fingerprint density at radius 3 is 2.79 bits per heavy atom. The number of quaternary nitrogens is 1. The van der Waals surface area contributed by atoms with Crippen LogP contribution in [0.4, 0.5) is 4.39 Å². The van der Waals surface area contributed by atoms with Gasteiger partial charge >= 0.3 is 0 Å². The Hall–Kier alpha value is -1.42. The van der Waals surface area contributed by atoms with Crippen molar-refractivity contribution in [2.24, 2.45) is 0 Å². The topological polar surface area (TPSA) is 67.8 Å². The number of carboxylic acid groups (broad SMARTS) is 1. The van der Waals surface area contributed by atoms with E-state index < -0.39 is 12.0 Å². The number of carbonyl (C=O) groups is 1. The standard InChI is InChI=1S/C10H12FNO2/c1-6-2-3-7(4-8(6)11)9(12)5-10(13)14/h2-4,9H,5,12H2,1H3,(H,13,14)/t9-/m0/s1. The Kier molecular flexibility index (Phi) is 3.19. The fraction of sp³-hybridized carbons (Fsp3) is 0.300. The summed E-state index contributed by atoms with van der Waals surface area (Å²) in [7, 11) is 0. The molecule has 14 heavy (non-hydrogen) atoms. The van der Waals surface area contributed by atoms with E-state index in [4.69, 9.17) is 0 Å². The zero-order valence-electron chi connectivity index (χ0n) is 7.92. The van der Waals surface area contributed by atoms with Crippen LogP contribution in [0.15, 0.2) is 18.2 Å². The van der Waals surface area contributed by atoms with Crippen LogP contribution in [0.25, 0.3) is 0 Å². The Labute approximate surface area is 81.4 Å². The highest BCUT2D eigenvalue weighted by molar-refractivity contribution is 5.65. The zero-order valence-corrected chi connectivity index (χ0v) is 7.92. The molecular formula is C10H12FNO2. The summed E-state index contributed by atoms with van der Waals surface area (Å²) in [5.41, 5.74) is 4.75. The van der Waals surface area contributed by atoms with Crippen LogP contribution in [0.1, 0.15) is 23.6 Å². The van der Waals surface area contributed by atoms with Gasteiger partial charge in [0.1, 0.15) is 11.9 Å². The number of hydrogen-bond acceptors (Lipinski definition) is 2. The minimum atomic E-state index is -1.18. The lowest BCUT2D eigenvalue weighted by Crippen LogP contribution is -2.55. The summed E-state index contributed by atoms with van der Waals surface area (Å²) in [6.07, 6.45) is -0.192. The Balaban J connectivity index is 2.85. The number of carboxylic acids is 1. The third-order valence-corrected chi connectivity index (χ3v) is 2.08. The molecule has 1 aromatic carbocycles. The number of aliphatic carboxylic acids is 1. The molecule has 0 aliphatic heterocycles. The van der Waals surface area contributed by atoms with Gasteiger partial charge in [-0.15, -0.1) is 0 Å². The van der Waals surface area contributed by atoms with E-state index in [-0.39, 0.29) is 12.2 Å². The van der Waals surface area contributed by atoms with Crippen molar-refractivity contribution >= 4 is 5.97 Å². The van der Waals surface area contributed by atoms with Gasteiger partial charge in [0.25, 0.3) is 0 Å². The molecule has 0 spiro atoms. The monoisotopic (exact) mass is 197 g/mol. The fourth-order valence-electron chi connectivity index (χ4n) is 1.18. The highest BCUT2D eigenvalue weighted by Gasteiger charge is 2.11.